The van der Waals surface area contributed by atoms with E-state index >= 15 is 0 Å². The van der Waals surface area contributed by atoms with Crippen LogP contribution in [0.2, 0.25) is 0 Å². The summed E-state index contributed by atoms with van der Waals surface area (Å²) < 4.78 is 0. The van der Waals surface area contributed by atoms with E-state index in [4.69, 9.17) is 0 Å². The van der Waals surface area contributed by atoms with Gasteiger partial charge in [0.2, 0.25) is 0 Å². The normalized spacial score (nSPS) is 15.5. The molecule has 84 valence electrons. The molecule has 0 fully saturated rings. The molecule has 0 heterocycles. The predicted molar refractivity (Wildman–Crippen MR) is 61.5 cm³/mol. The van der Waals surface area contributed by atoms with Crippen LogP contribution in [0.25, 0.3) is 0 Å². The zero-order valence-electron chi connectivity index (χ0n) is 10.2. The topological polar surface area (TPSA) is 20.3 Å². The van der Waals surface area contributed by atoms with Gasteiger partial charge in [-0.05, 0) is 32.4 Å². The molecule has 2 nitrogen and oxygen atoms in total. The maximum Gasteiger partial charge on any atom is 0.127 e. The van der Waals surface area contributed by atoms with E-state index in [1.54, 1.807) is 0 Å². The molecule has 0 aromatic heterocycles. The highest BCUT2D eigenvalue weighted by atomic mass is 16.1. The average molecular weight is 199 g/mol. The van der Waals surface area contributed by atoms with Gasteiger partial charge in [-0.2, -0.15) is 0 Å². The van der Waals surface area contributed by atoms with E-state index in [0.29, 0.717) is 0 Å². The summed E-state index contributed by atoms with van der Waals surface area (Å²) in [5.41, 5.74) is -0.148. The summed E-state index contributed by atoms with van der Waals surface area (Å²) >= 11 is 0. The number of hydrogen-bond acceptors (Lipinski definition) is 2. The van der Waals surface area contributed by atoms with E-state index in [2.05, 4.69) is 32.6 Å². The van der Waals surface area contributed by atoms with E-state index in [1.807, 2.05) is 0 Å². The minimum absolute atomic E-state index is 0.148. The first-order chi connectivity index (χ1) is 6.61. The van der Waals surface area contributed by atoms with Crippen molar-refractivity contribution in [1.82, 2.24) is 4.90 Å². The van der Waals surface area contributed by atoms with Crippen LogP contribution in [0.1, 0.15) is 47.0 Å². The lowest BCUT2D eigenvalue weighted by atomic mass is 9.89. The highest BCUT2D eigenvalue weighted by Gasteiger charge is 2.23. The van der Waals surface area contributed by atoms with Gasteiger partial charge in [-0.25, -0.2) is 0 Å². The molecule has 1 unspecified atom stereocenters. The van der Waals surface area contributed by atoms with Crippen LogP contribution in [0.5, 0.6) is 0 Å². The third kappa shape index (κ3) is 4.75. The molecule has 0 rings (SSSR count). The summed E-state index contributed by atoms with van der Waals surface area (Å²) in [6.45, 7) is 11.6. The zero-order valence-corrected chi connectivity index (χ0v) is 10.2. The quantitative estimate of drug-likeness (QED) is 0.560. The van der Waals surface area contributed by atoms with Crippen molar-refractivity contribution in [1.29, 1.82) is 0 Å². The molecule has 1 atom stereocenters. The van der Waals surface area contributed by atoms with Gasteiger partial charge in [0.15, 0.2) is 0 Å². The van der Waals surface area contributed by atoms with Gasteiger partial charge in [0.25, 0.3) is 0 Å². The first kappa shape index (κ1) is 13.6. The first-order valence-electron chi connectivity index (χ1n) is 5.80. The van der Waals surface area contributed by atoms with Crippen molar-refractivity contribution in [2.24, 2.45) is 5.41 Å². The summed E-state index contributed by atoms with van der Waals surface area (Å²) in [7, 11) is 0. The second-order valence-corrected chi connectivity index (χ2v) is 4.40. The fourth-order valence-electron chi connectivity index (χ4n) is 1.65. The van der Waals surface area contributed by atoms with Gasteiger partial charge in [0.05, 0.1) is 0 Å². The highest BCUT2D eigenvalue weighted by molar-refractivity contribution is 5.58. The number of rotatable bonds is 8. The van der Waals surface area contributed by atoms with Crippen LogP contribution in [0.15, 0.2) is 0 Å². The summed E-state index contributed by atoms with van der Waals surface area (Å²) in [5, 5.41) is 0. The summed E-state index contributed by atoms with van der Waals surface area (Å²) in [6.07, 6.45) is 4.38. The van der Waals surface area contributed by atoms with Crippen LogP contribution in [0.4, 0.5) is 0 Å². The third-order valence-corrected chi connectivity index (χ3v) is 2.76. The second kappa shape index (κ2) is 6.99. The van der Waals surface area contributed by atoms with Crippen molar-refractivity contribution in [3.05, 3.63) is 0 Å². The van der Waals surface area contributed by atoms with Gasteiger partial charge in [-0.1, -0.05) is 27.7 Å². The van der Waals surface area contributed by atoms with E-state index in [0.717, 1.165) is 32.3 Å². The first-order valence-corrected chi connectivity index (χ1v) is 5.80. The third-order valence-electron chi connectivity index (χ3n) is 2.76. The van der Waals surface area contributed by atoms with E-state index in [1.165, 1.54) is 12.8 Å². The van der Waals surface area contributed by atoms with Crippen molar-refractivity contribution in [3.8, 4) is 0 Å². The Kier molecular flexibility index (Phi) is 6.81. The van der Waals surface area contributed by atoms with Crippen LogP contribution >= 0.6 is 0 Å². The van der Waals surface area contributed by atoms with E-state index < -0.39 is 0 Å². The molecule has 0 saturated carbocycles. The van der Waals surface area contributed by atoms with Crippen molar-refractivity contribution in [2.75, 3.05) is 19.6 Å². The maximum absolute atomic E-state index is 11.0. The smallest absolute Gasteiger partial charge is 0.127 e. The largest absolute Gasteiger partial charge is 0.303 e. The van der Waals surface area contributed by atoms with Crippen LogP contribution in [0, 0.1) is 5.41 Å². The molecule has 0 amide bonds. The van der Waals surface area contributed by atoms with Gasteiger partial charge in [-0.3, -0.25) is 0 Å². The van der Waals surface area contributed by atoms with Crippen LogP contribution < -0.4 is 0 Å². The molecular formula is C12H25NO. The summed E-state index contributed by atoms with van der Waals surface area (Å²) in [4.78, 5) is 13.4. The molecule has 0 saturated heterocycles. The minimum atomic E-state index is -0.148. The molecule has 2 heteroatoms. The monoisotopic (exact) mass is 199 g/mol. The predicted octanol–water partition coefficient (Wildman–Crippen LogP) is 2.72. The Morgan fingerprint density at radius 2 is 1.64 bits per heavy atom. The molecule has 0 spiro atoms. The Morgan fingerprint density at radius 1 is 1.14 bits per heavy atom. The fraction of sp³-hybridized carbons (Fsp3) is 0.917. The standard InChI is InChI=1S/C12H25NO/c1-5-8-13(9-6-2)10-12(4,7-3)11-14/h11H,5-10H2,1-4H3. The Morgan fingerprint density at radius 3 is 1.93 bits per heavy atom. The van der Waals surface area contributed by atoms with Crippen molar-refractivity contribution in [2.45, 2.75) is 47.0 Å². The van der Waals surface area contributed by atoms with Gasteiger partial charge in [-0.15, -0.1) is 0 Å². The maximum atomic E-state index is 11.0. The number of aldehydes is 1. The molecular weight excluding hydrogens is 174 g/mol. The summed E-state index contributed by atoms with van der Waals surface area (Å²) in [6, 6.07) is 0. The molecule has 0 aliphatic carbocycles. The SMILES string of the molecule is CCCN(CCC)CC(C)(C=O)CC. The second-order valence-electron chi connectivity index (χ2n) is 4.40. The van der Waals surface area contributed by atoms with Crippen LogP contribution in [-0.2, 0) is 4.79 Å². The van der Waals surface area contributed by atoms with Gasteiger partial charge < -0.3 is 9.69 Å². The number of carbonyl (C=O) groups is 1. The molecule has 14 heavy (non-hydrogen) atoms. The fourth-order valence-corrected chi connectivity index (χ4v) is 1.65. The summed E-state index contributed by atoms with van der Waals surface area (Å²) in [5.74, 6) is 0. The van der Waals surface area contributed by atoms with Crippen molar-refractivity contribution in [3.63, 3.8) is 0 Å². The molecule has 0 aliphatic rings. The highest BCUT2D eigenvalue weighted by Crippen LogP contribution is 2.19. The molecule has 0 bridgehead atoms. The van der Waals surface area contributed by atoms with Crippen molar-refractivity contribution >= 4 is 6.29 Å². The van der Waals surface area contributed by atoms with Gasteiger partial charge >= 0.3 is 0 Å². The minimum Gasteiger partial charge on any atom is -0.303 e. The zero-order chi connectivity index (χ0) is 11.0. The number of carbonyl (C=O) groups excluding carboxylic acids is 1. The van der Waals surface area contributed by atoms with Crippen LogP contribution in [-0.4, -0.2) is 30.8 Å². The van der Waals surface area contributed by atoms with Crippen LogP contribution in [0.3, 0.4) is 0 Å². The molecule has 0 aromatic carbocycles. The number of hydrogen-bond donors (Lipinski definition) is 0. The molecule has 0 radical (unpaired) electrons. The van der Waals surface area contributed by atoms with Gasteiger partial charge in [0, 0.05) is 12.0 Å². The Balaban J connectivity index is 4.17. The lowest BCUT2D eigenvalue weighted by Crippen LogP contribution is -2.37. The molecule has 0 aromatic rings. The molecule has 0 N–H and O–H groups in total. The van der Waals surface area contributed by atoms with Crippen molar-refractivity contribution < 1.29 is 4.79 Å². The van der Waals surface area contributed by atoms with Gasteiger partial charge in [0.1, 0.15) is 6.29 Å². The Hall–Kier alpha value is -0.370. The average Bonchev–Trinajstić information content (AvgIpc) is 2.18. The molecule has 0 aliphatic heterocycles. The van der Waals surface area contributed by atoms with E-state index in [-0.39, 0.29) is 5.41 Å². The Labute approximate surface area is 88.7 Å². The lowest BCUT2D eigenvalue weighted by Gasteiger charge is -2.30. The number of nitrogens with zero attached hydrogens (tertiary/aromatic N) is 1. The Bertz CT molecular complexity index is 152. The lowest BCUT2D eigenvalue weighted by molar-refractivity contribution is -0.116. The van der Waals surface area contributed by atoms with E-state index in [9.17, 15) is 4.79 Å².